The first-order chi connectivity index (χ1) is 26.1. The maximum Gasteiger partial charge on any atom is 0.323 e. The van der Waals surface area contributed by atoms with Crippen molar-refractivity contribution in [3.05, 3.63) is 123 Å². The molecular formula is C47H52N2O5. The molecule has 1 heterocycles. The third-order valence-corrected chi connectivity index (χ3v) is 10.6. The number of hydrogen-bond acceptors (Lipinski definition) is 6. The second kappa shape index (κ2) is 16.8. The zero-order valence-corrected chi connectivity index (χ0v) is 32.9. The molecule has 0 saturated carbocycles. The van der Waals surface area contributed by atoms with E-state index in [4.69, 9.17) is 14.3 Å². The van der Waals surface area contributed by atoms with Crippen molar-refractivity contribution in [1.82, 2.24) is 4.57 Å². The Balaban J connectivity index is 1.61. The lowest BCUT2D eigenvalue weighted by atomic mass is 9.89. The van der Waals surface area contributed by atoms with Crippen molar-refractivity contribution in [3.63, 3.8) is 0 Å². The molecule has 6 rings (SSSR count). The van der Waals surface area contributed by atoms with Crippen molar-refractivity contribution >= 4 is 50.5 Å². The molecule has 0 bridgehead atoms. The number of oxime groups is 1. The number of ketones is 1. The highest BCUT2D eigenvalue weighted by atomic mass is 16.7. The van der Waals surface area contributed by atoms with E-state index < -0.39 is 0 Å². The first-order valence-corrected chi connectivity index (χ1v) is 19.1. The topological polar surface area (TPSA) is 79.1 Å². The maximum absolute atomic E-state index is 14.7. The Kier molecular flexibility index (Phi) is 12.0. The molecule has 0 N–H and O–H groups in total. The van der Waals surface area contributed by atoms with Gasteiger partial charge >= 0.3 is 6.47 Å². The van der Waals surface area contributed by atoms with Crippen molar-refractivity contribution in [2.45, 2.75) is 86.8 Å². The van der Waals surface area contributed by atoms with Gasteiger partial charge in [-0.05, 0) is 105 Å². The number of aromatic nitrogens is 1. The van der Waals surface area contributed by atoms with E-state index >= 15 is 0 Å². The molecule has 0 fully saturated rings. The number of ether oxygens (including phenoxy) is 2. The highest BCUT2D eigenvalue weighted by Gasteiger charge is 2.24. The zero-order valence-electron chi connectivity index (χ0n) is 32.9. The predicted molar refractivity (Wildman–Crippen MR) is 220 cm³/mol. The Bertz CT molecular complexity index is 2350. The predicted octanol–water partition coefficient (Wildman–Crippen LogP) is 11.0. The van der Waals surface area contributed by atoms with Gasteiger partial charge in [-0.3, -0.25) is 9.59 Å². The smallest absolute Gasteiger partial charge is 0.323 e. The summed E-state index contributed by atoms with van der Waals surface area (Å²) < 4.78 is 13.8. The minimum atomic E-state index is -0.118. The number of aryl methyl sites for hydroxylation is 4. The third-order valence-electron chi connectivity index (χ3n) is 10.6. The average molecular weight is 725 g/mol. The fourth-order valence-corrected chi connectivity index (χ4v) is 8.14. The van der Waals surface area contributed by atoms with Crippen molar-refractivity contribution < 1.29 is 23.9 Å². The monoisotopic (exact) mass is 724 g/mol. The van der Waals surface area contributed by atoms with Gasteiger partial charge in [0.1, 0.15) is 17.6 Å². The summed E-state index contributed by atoms with van der Waals surface area (Å²) in [5, 5.41) is 8.35. The highest BCUT2D eigenvalue weighted by molar-refractivity contribution is 6.27. The third kappa shape index (κ3) is 7.69. The molecule has 6 aromatic rings. The Morgan fingerprint density at radius 1 is 0.833 bits per heavy atom. The number of carbonyl (C=O) groups excluding carboxylic acids is 2. The van der Waals surface area contributed by atoms with Crippen molar-refractivity contribution in [3.8, 4) is 5.75 Å². The Labute approximate surface area is 318 Å². The zero-order chi connectivity index (χ0) is 38.5. The fraction of sp³-hybridized carbons (Fsp3) is 0.340. The molecule has 0 saturated heterocycles. The first-order valence-electron chi connectivity index (χ1n) is 19.1. The SMILES string of the molecule is CCCCC(CC)Cn1c2ccc(/C(=N\OC=O)c3ccc(OC(C)COC)cc3C)cc2c2cc(C(=O)c3c(C)cc(C)cc3C)c3ccccc3c21. The van der Waals surface area contributed by atoms with Gasteiger partial charge in [0.2, 0.25) is 0 Å². The number of hydrogen-bond donors (Lipinski definition) is 0. The average Bonchev–Trinajstić information content (AvgIpc) is 3.45. The van der Waals surface area contributed by atoms with Crippen LogP contribution in [-0.2, 0) is 20.9 Å². The molecule has 0 spiro atoms. The van der Waals surface area contributed by atoms with Gasteiger partial charge < -0.3 is 18.9 Å². The molecule has 7 heteroatoms. The van der Waals surface area contributed by atoms with E-state index in [2.05, 4.69) is 85.1 Å². The van der Waals surface area contributed by atoms with E-state index in [0.717, 1.165) is 97.3 Å². The van der Waals surface area contributed by atoms with Gasteiger partial charge in [0.15, 0.2) is 5.78 Å². The molecule has 0 radical (unpaired) electrons. The summed E-state index contributed by atoms with van der Waals surface area (Å²) in [6.07, 6.45) is 4.44. The molecule has 0 aliphatic rings. The highest BCUT2D eigenvalue weighted by Crippen LogP contribution is 2.39. The largest absolute Gasteiger partial charge is 0.488 e. The van der Waals surface area contributed by atoms with E-state index in [1.165, 1.54) is 6.42 Å². The van der Waals surface area contributed by atoms with Crippen LogP contribution in [-0.4, -0.2) is 42.4 Å². The minimum Gasteiger partial charge on any atom is -0.488 e. The van der Waals surface area contributed by atoms with Crippen LogP contribution in [0.15, 0.2) is 84.0 Å². The fourth-order valence-electron chi connectivity index (χ4n) is 8.14. The number of methoxy groups -OCH3 is 1. The molecule has 1 aromatic heterocycles. The molecule has 280 valence electrons. The summed E-state index contributed by atoms with van der Waals surface area (Å²) in [6, 6.07) is 26.7. The van der Waals surface area contributed by atoms with E-state index in [1.54, 1.807) is 7.11 Å². The standard InChI is InChI=1S/C47H52N2O5/c1-9-11-14-34(10-2)26-49-43-20-17-35(45(48-53-28-50)37-19-18-36(23-30(37)4)54-33(7)27-52-8)24-40(43)41-25-42(38-15-12-13-16-39(38)46(41)49)47(51)44-31(5)21-29(3)22-32(44)6/h12-13,15-25,28,33-34H,9-11,14,26-27H2,1-8H3/b48-45+. The van der Waals surface area contributed by atoms with E-state index in [0.29, 0.717) is 36.0 Å². The van der Waals surface area contributed by atoms with Gasteiger partial charge in [-0.25, -0.2) is 0 Å². The van der Waals surface area contributed by atoms with E-state index in [-0.39, 0.29) is 11.9 Å². The van der Waals surface area contributed by atoms with Crippen molar-refractivity contribution in [2.75, 3.05) is 13.7 Å². The summed E-state index contributed by atoms with van der Waals surface area (Å²) in [6.45, 7) is 16.3. The molecule has 0 aliphatic heterocycles. The second-order valence-corrected chi connectivity index (χ2v) is 14.7. The molecule has 5 aromatic carbocycles. The van der Waals surface area contributed by atoms with Crippen molar-refractivity contribution in [2.24, 2.45) is 11.1 Å². The molecule has 0 aliphatic carbocycles. The van der Waals surface area contributed by atoms with Gasteiger partial charge in [-0.15, -0.1) is 0 Å². The Morgan fingerprint density at radius 3 is 2.24 bits per heavy atom. The van der Waals surface area contributed by atoms with Crippen LogP contribution in [0.25, 0.3) is 32.6 Å². The number of carbonyl (C=O) groups is 2. The first kappa shape index (κ1) is 38.5. The van der Waals surface area contributed by atoms with Crippen LogP contribution in [0.4, 0.5) is 0 Å². The number of fused-ring (bicyclic) bond motifs is 5. The molecule has 2 unspecified atom stereocenters. The summed E-state index contributed by atoms with van der Waals surface area (Å²) in [7, 11) is 1.65. The van der Waals surface area contributed by atoms with Gasteiger partial charge in [0.25, 0.3) is 0 Å². The quantitative estimate of drug-likeness (QED) is 0.0326. The van der Waals surface area contributed by atoms with Gasteiger partial charge in [-0.2, -0.15) is 0 Å². The van der Waals surface area contributed by atoms with Crippen LogP contribution in [0.2, 0.25) is 0 Å². The number of rotatable bonds is 16. The Morgan fingerprint density at radius 2 is 1.57 bits per heavy atom. The van der Waals surface area contributed by atoms with Crippen molar-refractivity contribution in [1.29, 1.82) is 0 Å². The lowest BCUT2D eigenvalue weighted by molar-refractivity contribution is -0.128. The Hall–Kier alpha value is -5.27. The van der Waals surface area contributed by atoms with Crippen LogP contribution < -0.4 is 4.74 Å². The summed E-state index contributed by atoms with van der Waals surface area (Å²) in [5.74, 6) is 1.23. The van der Waals surface area contributed by atoms with E-state index in [9.17, 15) is 9.59 Å². The molecule has 0 amide bonds. The molecule has 7 nitrogen and oxygen atoms in total. The second-order valence-electron chi connectivity index (χ2n) is 14.7. The molecular weight excluding hydrogens is 673 g/mol. The molecule has 54 heavy (non-hydrogen) atoms. The van der Waals surface area contributed by atoms with E-state index in [1.807, 2.05) is 52.0 Å². The minimum absolute atomic E-state index is 0.0221. The lowest BCUT2D eigenvalue weighted by Gasteiger charge is -2.19. The van der Waals surface area contributed by atoms with Gasteiger partial charge in [0.05, 0.1) is 12.1 Å². The summed E-state index contributed by atoms with van der Waals surface area (Å²) in [5.41, 5.74) is 9.77. The van der Waals surface area contributed by atoms with Crippen LogP contribution in [0.1, 0.15) is 95.8 Å². The van der Waals surface area contributed by atoms with Gasteiger partial charge in [0, 0.05) is 57.6 Å². The number of nitrogens with zero attached hydrogens (tertiary/aromatic N) is 2. The van der Waals surface area contributed by atoms with Crippen LogP contribution >= 0.6 is 0 Å². The number of benzene rings is 5. The van der Waals surface area contributed by atoms with Crippen LogP contribution in [0, 0.1) is 33.6 Å². The van der Waals surface area contributed by atoms with Gasteiger partial charge in [-0.1, -0.05) is 86.3 Å². The number of unbranched alkanes of at least 4 members (excludes halogenated alkanes) is 1. The maximum atomic E-state index is 14.7. The molecule has 2 atom stereocenters. The normalized spacial score (nSPS) is 13.1. The lowest BCUT2D eigenvalue weighted by Crippen LogP contribution is -2.18. The summed E-state index contributed by atoms with van der Waals surface area (Å²) >= 11 is 0. The van der Waals surface area contributed by atoms with Crippen LogP contribution in [0.5, 0.6) is 5.75 Å². The summed E-state index contributed by atoms with van der Waals surface area (Å²) in [4.78, 5) is 31.3. The van der Waals surface area contributed by atoms with Crippen LogP contribution in [0.3, 0.4) is 0 Å².